The predicted octanol–water partition coefficient (Wildman–Crippen LogP) is 4.68. The van der Waals surface area contributed by atoms with Crippen LogP contribution in [0.2, 0.25) is 0 Å². The van der Waals surface area contributed by atoms with Gasteiger partial charge in [0.1, 0.15) is 18.2 Å². The summed E-state index contributed by atoms with van der Waals surface area (Å²) in [7, 11) is 0. The summed E-state index contributed by atoms with van der Waals surface area (Å²) in [6.07, 6.45) is 3.30. The van der Waals surface area contributed by atoms with Gasteiger partial charge in [0.2, 0.25) is 0 Å². The van der Waals surface area contributed by atoms with E-state index in [9.17, 15) is 4.79 Å². The number of benzene rings is 2. The number of ether oxygens (including phenoxy) is 1. The van der Waals surface area contributed by atoms with Gasteiger partial charge in [0.05, 0.1) is 21.6 Å². The molecule has 5 nitrogen and oxygen atoms in total. The summed E-state index contributed by atoms with van der Waals surface area (Å²) in [5.41, 5.74) is 1.26. The van der Waals surface area contributed by atoms with Gasteiger partial charge in [-0.25, -0.2) is 4.98 Å². The van der Waals surface area contributed by atoms with E-state index in [1.807, 2.05) is 24.3 Å². The van der Waals surface area contributed by atoms with Crippen molar-refractivity contribution in [3.63, 3.8) is 0 Å². The first-order chi connectivity index (χ1) is 12.5. The maximum atomic E-state index is 12.7. The third-order valence-electron chi connectivity index (χ3n) is 3.61. The normalized spacial score (nSPS) is 11.2. The summed E-state index contributed by atoms with van der Waals surface area (Å²) in [4.78, 5) is 17.2. The van der Waals surface area contributed by atoms with Gasteiger partial charge in [-0.15, -0.1) is 0 Å². The summed E-state index contributed by atoms with van der Waals surface area (Å²) in [6, 6.07) is 11.0. The maximum absolute atomic E-state index is 12.7. The lowest BCUT2D eigenvalue weighted by Gasteiger charge is -2.07. The van der Waals surface area contributed by atoms with Crippen molar-refractivity contribution in [2.75, 3.05) is 6.61 Å². The zero-order valence-electron chi connectivity index (χ0n) is 13.9. The molecule has 3 rings (SSSR count). The molecule has 1 heterocycles. The molecule has 0 atom stereocenters. The standard InChI is InChI=1S/C19H15Br2N3O2/c1-3-8-26-18-7-4-13(9-16(18)21)11-22-24-12(2)23-17-6-5-14(20)10-15(17)19(24)25/h3-7,9-11H,1,8H2,2H3. The van der Waals surface area contributed by atoms with Crippen LogP contribution in [0.1, 0.15) is 11.4 Å². The molecule has 1 aromatic heterocycles. The molecule has 0 saturated carbocycles. The van der Waals surface area contributed by atoms with E-state index in [1.54, 1.807) is 31.3 Å². The number of hydrogen-bond acceptors (Lipinski definition) is 4. The number of fused-ring (bicyclic) bond motifs is 1. The lowest BCUT2D eigenvalue weighted by Crippen LogP contribution is -2.20. The minimum absolute atomic E-state index is 0.213. The molecule has 0 bridgehead atoms. The van der Waals surface area contributed by atoms with E-state index in [2.05, 4.69) is 48.5 Å². The van der Waals surface area contributed by atoms with Gasteiger partial charge in [0.25, 0.3) is 5.56 Å². The van der Waals surface area contributed by atoms with Gasteiger partial charge in [-0.2, -0.15) is 9.78 Å². The Kier molecular flexibility index (Phi) is 5.68. The van der Waals surface area contributed by atoms with Crippen molar-refractivity contribution in [1.82, 2.24) is 9.66 Å². The van der Waals surface area contributed by atoms with Crippen LogP contribution >= 0.6 is 31.9 Å². The molecule has 0 saturated heterocycles. The van der Waals surface area contributed by atoms with Gasteiger partial charge in [0.15, 0.2) is 0 Å². The minimum Gasteiger partial charge on any atom is -0.488 e. The third kappa shape index (κ3) is 3.94. The van der Waals surface area contributed by atoms with Gasteiger partial charge >= 0.3 is 0 Å². The highest BCUT2D eigenvalue weighted by Gasteiger charge is 2.08. The molecule has 0 amide bonds. The fourth-order valence-electron chi connectivity index (χ4n) is 2.38. The van der Waals surface area contributed by atoms with E-state index in [0.717, 1.165) is 14.5 Å². The fourth-order valence-corrected chi connectivity index (χ4v) is 3.26. The molecule has 0 aliphatic heterocycles. The quantitative estimate of drug-likeness (QED) is 0.397. The summed E-state index contributed by atoms with van der Waals surface area (Å²) >= 11 is 6.85. The van der Waals surface area contributed by atoms with Gasteiger partial charge in [-0.3, -0.25) is 4.79 Å². The second-order valence-electron chi connectivity index (χ2n) is 5.47. The van der Waals surface area contributed by atoms with Crippen LogP contribution in [0.5, 0.6) is 5.75 Å². The van der Waals surface area contributed by atoms with Crippen molar-refractivity contribution in [3.05, 3.63) is 79.7 Å². The van der Waals surface area contributed by atoms with Crippen molar-refractivity contribution in [3.8, 4) is 5.75 Å². The first-order valence-corrected chi connectivity index (χ1v) is 9.34. The van der Waals surface area contributed by atoms with Crippen molar-refractivity contribution in [2.24, 2.45) is 5.10 Å². The maximum Gasteiger partial charge on any atom is 0.282 e. The van der Waals surface area contributed by atoms with E-state index in [0.29, 0.717) is 29.1 Å². The Morgan fingerprint density at radius 1 is 1.27 bits per heavy atom. The second kappa shape index (κ2) is 7.97. The third-order valence-corrected chi connectivity index (χ3v) is 4.72. The number of halogens is 2. The van der Waals surface area contributed by atoms with Crippen LogP contribution in [0.25, 0.3) is 10.9 Å². The molecular weight excluding hydrogens is 462 g/mol. The van der Waals surface area contributed by atoms with E-state index >= 15 is 0 Å². The van der Waals surface area contributed by atoms with Gasteiger partial charge in [-0.1, -0.05) is 28.6 Å². The number of aryl methyl sites for hydroxylation is 1. The van der Waals surface area contributed by atoms with E-state index in [-0.39, 0.29) is 5.56 Å². The van der Waals surface area contributed by atoms with Crippen molar-refractivity contribution in [1.29, 1.82) is 0 Å². The Morgan fingerprint density at radius 3 is 2.81 bits per heavy atom. The SMILES string of the molecule is C=CCOc1ccc(C=Nn2c(C)nc3ccc(Br)cc3c2=O)cc1Br. The Morgan fingerprint density at radius 2 is 2.08 bits per heavy atom. The average molecular weight is 477 g/mol. The highest BCUT2D eigenvalue weighted by Crippen LogP contribution is 2.25. The summed E-state index contributed by atoms with van der Waals surface area (Å²) in [5.74, 6) is 1.23. The highest BCUT2D eigenvalue weighted by molar-refractivity contribution is 9.10. The van der Waals surface area contributed by atoms with Crippen molar-refractivity contribution >= 4 is 49.0 Å². The first kappa shape index (κ1) is 18.5. The molecule has 0 aliphatic rings. The number of rotatable bonds is 5. The Bertz CT molecular complexity index is 1070. The second-order valence-corrected chi connectivity index (χ2v) is 7.24. The van der Waals surface area contributed by atoms with Crippen LogP contribution in [0.3, 0.4) is 0 Å². The zero-order valence-corrected chi connectivity index (χ0v) is 17.1. The van der Waals surface area contributed by atoms with Crippen LogP contribution in [0.15, 0.2) is 67.9 Å². The molecule has 7 heteroatoms. The van der Waals surface area contributed by atoms with E-state index in [4.69, 9.17) is 4.74 Å². The average Bonchev–Trinajstić information content (AvgIpc) is 2.61. The molecular formula is C19H15Br2N3O2. The molecule has 3 aromatic rings. The van der Waals surface area contributed by atoms with Crippen molar-refractivity contribution < 1.29 is 4.74 Å². The zero-order chi connectivity index (χ0) is 18.7. The molecule has 0 spiro atoms. The molecule has 26 heavy (non-hydrogen) atoms. The topological polar surface area (TPSA) is 56.5 Å². The number of hydrogen-bond donors (Lipinski definition) is 0. The van der Waals surface area contributed by atoms with Crippen LogP contribution in [-0.4, -0.2) is 22.5 Å². The largest absolute Gasteiger partial charge is 0.488 e. The number of aromatic nitrogens is 2. The van der Waals surface area contributed by atoms with E-state index in [1.165, 1.54) is 4.68 Å². The summed E-state index contributed by atoms with van der Waals surface area (Å²) in [6.45, 7) is 5.81. The lowest BCUT2D eigenvalue weighted by molar-refractivity contribution is 0.361. The molecule has 0 N–H and O–H groups in total. The highest BCUT2D eigenvalue weighted by atomic mass is 79.9. The van der Waals surface area contributed by atoms with Crippen LogP contribution < -0.4 is 10.3 Å². The van der Waals surface area contributed by atoms with Gasteiger partial charge < -0.3 is 4.74 Å². The molecule has 0 fully saturated rings. The minimum atomic E-state index is -0.213. The van der Waals surface area contributed by atoms with Crippen molar-refractivity contribution in [2.45, 2.75) is 6.92 Å². The Hall–Kier alpha value is -2.25. The number of nitrogens with zero attached hydrogens (tertiary/aromatic N) is 3. The molecule has 0 radical (unpaired) electrons. The molecule has 2 aromatic carbocycles. The van der Waals surface area contributed by atoms with E-state index < -0.39 is 0 Å². The monoisotopic (exact) mass is 475 g/mol. The predicted molar refractivity (Wildman–Crippen MR) is 111 cm³/mol. The van der Waals surface area contributed by atoms with Crippen LogP contribution in [-0.2, 0) is 0 Å². The molecule has 0 unspecified atom stereocenters. The summed E-state index contributed by atoms with van der Waals surface area (Å²) in [5, 5.41) is 4.82. The lowest BCUT2D eigenvalue weighted by atomic mass is 10.2. The molecule has 132 valence electrons. The fraction of sp³-hybridized carbons (Fsp3) is 0.105. The van der Waals surface area contributed by atoms with Gasteiger partial charge in [0, 0.05) is 4.47 Å². The Balaban J connectivity index is 1.97. The first-order valence-electron chi connectivity index (χ1n) is 7.76. The summed E-state index contributed by atoms with van der Waals surface area (Å²) < 4.78 is 8.44. The van der Waals surface area contributed by atoms with Crippen LogP contribution in [0.4, 0.5) is 0 Å². The smallest absolute Gasteiger partial charge is 0.282 e. The Labute approximate surface area is 167 Å². The van der Waals surface area contributed by atoms with Gasteiger partial charge in [-0.05, 0) is 64.8 Å². The van der Waals surface area contributed by atoms with Crippen LogP contribution in [0, 0.1) is 6.92 Å². The molecule has 0 aliphatic carbocycles.